The molecule has 0 saturated carbocycles. The van der Waals surface area contributed by atoms with Gasteiger partial charge in [-0.25, -0.2) is 0 Å². The van der Waals surface area contributed by atoms with Crippen LogP contribution in [0.25, 0.3) is 0 Å². The first-order chi connectivity index (χ1) is 12.2. The molecule has 0 aromatic heterocycles. The van der Waals surface area contributed by atoms with Gasteiger partial charge in [-0.1, -0.05) is 97.5 Å². The molecule has 2 aromatic rings. The Morgan fingerprint density at radius 1 is 1.08 bits per heavy atom. The molecule has 0 aliphatic carbocycles. The van der Waals surface area contributed by atoms with Crippen molar-refractivity contribution < 1.29 is 9.53 Å². The van der Waals surface area contributed by atoms with Crippen molar-refractivity contribution in [1.82, 2.24) is 0 Å². The van der Waals surface area contributed by atoms with E-state index in [1.54, 1.807) is 29.8 Å². The molecule has 0 N–H and O–H groups in total. The smallest absolute Gasteiger partial charge is 0.268 e. The van der Waals surface area contributed by atoms with Gasteiger partial charge in [0.05, 0.1) is 6.26 Å². The fraction of sp³-hybridized carbons (Fsp3) is 0.286. The largest absolute Gasteiger partial charge is 0.466 e. The molecule has 130 valence electrons. The van der Waals surface area contributed by atoms with E-state index < -0.39 is 4.27 Å². The summed E-state index contributed by atoms with van der Waals surface area (Å²) in [5.74, 6) is 0.952. The number of ketones is 1. The number of unbranched alkanes of at least 4 members (excludes halogenated alkanes) is 1. The topological polar surface area (TPSA) is 26.3 Å². The molecule has 2 nitrogen and oxygen atoms in total. The second kappa shape index (κ2) is 8.63. The third-order valence-electron chi connectivity index (χ3n) is 3.94. The molecular weight excluding hydrogens is 348 g/mol. The van der Waals surface area contributed by atoms with Crippen LogP contribution >= 0.6 is 23.5 Å². The maximum atomic E-state index is 13.2. The first-order valence-electron chi connectivity index (χ1n) is 8.57. The van der Waals surface area contributed by atoms with Crippen LogP contribution in [0.3, 0.4) is 0 Å². The molecule has 1 unspecified atom stereocenters. The molecule has 1 atom stereocenters. The highest BCUT2D eigenvalue weighted by atomic mass is 32.2. The highest BCUT2D eigenvalue weighted by molar-refractivity contribution is 8.21. The molecule has 25 heavy (non-hydrogen) atoms. The molecule has 0 amide bonds. The van der Waals surface area contributed by atoms with Gasteiger partial charge < -0.3 is 4.74 Å². The van der Waals surface area contributed by atoms with Gasteiger partial charge in [0.25, 0.3) is 4.27 Å². The van der Waals surface area contributed by atoms with E-state index in [9.17, 15) is 4.79 Å². The fourth-order valence-corrected chi connectivity index (χ4v) is 5.45. The first-order valence-corrected chi connectivity index (χ1v) is 10.4. The molecule has 2 aromatic carbocycles. The standard InChI is InChI=1S/C21H22O2S2/c1-2-3-14-24-21(20(22)18-12-8-5-9-13-18)23-16-19(25-21)15-17-10-6-4-7-11-17/h4-13,16H,2-3,14-15H2,1H3. The second-order valence-corrected chi connectivity index (χ2v) is 8.75. The molecule has 0 saturated heterocycles. The van der Waals surface area contributed by atoms with E-state index in [1.165, 1.54) is 5.56 Å². The van der Waals surface area contributed by atoms with Gasteiger partial charge in [0, 0.05) is 16.9 Å². The van der Waals surface area contributed by atoms with Crippen LogP contribution in [0.15, 0.2) is 71.8 Å². The Bertz CT molecular complexity index is 728. The quantitative estimate of drug-likeness (QED) is 0.427. The molecule has 0 bridgehead atoms. The third kappa shape index (κ3) is 4.50. The van der Waals surface area contributed by atoms with Crippen LogP contribution in [0.5, 0.6) is 0 Å². The average molecular weight is 371 g/mol. The van der Waals surface area contributed by atoms with Crippen molar-refractivity contribution in [3.8, 4) is 0 Å². The highest BCUT2D eigenvalue weighted by Gasteiger charge is 2.46. The van der Waals surface area contributed by atoms with E-state index in [2.05, 4.69) is 19.1 Å². The number of ether oxygens (including phenoxy) is 1. The molecule has 1 aliphatic heterocycles. The van der Waals surface area contributed by atoms with Crippen molar-refractivity contribution in [3.05, 3.63) is 83.0 Å². The van der Waals surface area contributed by atoms with Gasteiger partial charge in [-0.15, -0.1) is 0 Å². The number of rotatable bonds is 8. The number of hydrogen-bond acceptors (Lipinski definition) is 4. The summed E-state index contributed by atoms with van der Waals surface area (Å²) >= 11 is 3.17. The lowest BCUT2D eigenvalue weighted by Gasteiger charge is -2.26. The third-order valence-corrected chi connectivity index (χ3v) is 6.75. The zero-order valence-electron chi connectivity index (χ0n) is 14.3. The van der Waals surface area contributed by atoms with Gasteiger partial charge in [-0.05, 0) is 17.7 Å². The predicted octanol–water partition coefficient (Wildman–Crippen LogP) is 5.90. The number of thioether (sulfide) groups is 2. The molecule has 4 heteroatoms. The highest BCUT2D eigenvalue weighted by Crippen LogP contribution is 2.50. The minimum atomic E-state index is -0.888. The normalized spacial score (nSPS) is 19.3. The molecule has 0 radical (unpaired) electrons. The molecule has 3 rings (SSSR count). The lowest BCUT2D eigenvalue weighted by atomic mass is 10.1. The Balaban J connectivity index is 1.76. The average Bonchev–Trinajstić information content (AvgIpc) is 3.07. The minimum absolute atomic E-state index is 0.0403. The van der Waals surface area contributed by atoms with Crippen molar-refractivity contribution in [3.63, 3.8) is 0 Å². The summed E-state index contributed by atoms with van der Waals surface area (Å²) in [7, 11) is 0. The maximum absolute atomic E-state index is 13.2. The summed E-state index contributed by atoms with van der Waals surface area (Å²) in [4.78, 5) is 14.3. The van der Waals surface area contributed by atoms with Gasteiger partial charge in [0.2, 0.25) is 5.78 Å². The van der Waals surface area contributed by atoms with Gasteiger partial charge in [-0.3, -0.25) is 4.79 Å². The van der Waals surface area contributed by atoms with Crippen LogP contribution in [0.1, 0.15) is 35.7 Å². The summed E-state index contributed by atoms with van der Waals surface area (Å²) in [6.07, 6.45) is 4.76. The number of allylic oxidation sites excluding steroid dienone is 1. The maximum Gasteiger partial charge on any atom is 0.268 e. The van der Waals surface area contributed by atoms with Crippen molar-refractivity contribution in [1.29, 1.82) is 0 Å². The van der Waals surface area contributed by atoms with E-state index in [4.69, 9.17) is 4.74 Å². The van der Waals surface area contributed by atoms with E-state index in [1.807, 2.05) is 48.5 Å². The lowest BCUT2D eigenvalue weighted by molar-refractivity contribution is 0.0809. The number of hydrogen-bond donors (Lipinski definition) is 0. The van der Waals surface area contributed by atoms with Gasteiger partial charge in [0.15, 0.2) is 0 Å². The van der Waals surface area contributed by atoms with E-state index in [0.717, 1.165) is 29.9 Å². The minimum Gasteiger partial charge on any atom is -0.466 e. The first kappa shape index (κ1) is 18.2. The Labute approximate surface area is 158 Å². The summed E-state index contributed by atoms with van der Waals surface area (Å²) in [5.41, 5.74) is 1.93. The molecule has 0 fully saturated rings. The summed E-state index contributed by atoms with van der Waals surface area (Å²) in [6, 6.07) is 19.7. The van der Waals surface area contributed by atoms with Crippen LogP contribution < -0.4 is 0 Å². The molecule has 1 aliphatic rings. The van der Waals surface area contributed by atoms with Crippen molar-refractivity contribution in [2.75, 3.05) is 5.75 Å². The SMILES string of the molecule is CCCCSC1(C(=O)c2ccccc2)OC=C(Cc2ccccc2)S1. The lowest BCUT2D eigenvalue weighted by Crippen LogP contribution is -2.31. The zero-order valence-corrected chi connectivity index (χ0v) is 15.9. The monoisotopic (exact) mass is 370 g/mol. The Morgan fingerprint density at radius 3 is 2.44 bits per heavy atom. The Hall–Kier alpha value is -1.65. The van der Waals surface area contributed by atoms with Crippen LogP contribution in [-0.2, 0) is 11.2 Å². The second-order valence-electron chi connectivity index (χ2n) is 5.92. The zero-order chi connectivity index (χ0) is 17.5. The van der Waals surface area contributed by atoms with Gasteiger partial charge in [-0.2, -0.15) is 0 Å². The summed E-state index contributed by atoms with van der Waals surface area (Å²) < 4.78 is 5.11. The predicted molar refractivity (Wildman–Crippen MR) is 108 cm³/mol. The van der Waals surface area contributed by atoms with E-state index in [0.29, 0.717) is 5.56 Å². The summed E-state index contributed by atoms with van der Waals surface area (Å²) in [6.45, 7) is 2.16. The van der Waals surface area contributed by atoms with Crippen LogP contribution in [0.4, 0.5) is 0 Å². The van der Waals surface area contributed by atoms with Crippen LogP contribution in [-0.4, -0.2) is 15.8 Å². The van der Waals surface area contributed by atoms with Gasteiger partial charge in [0.1, 0.15) is 0 Å². The van der Waals surface area contributed by atoms with E-state index in [-0.39, 0.29) is 5.78 Å². The van der Waals surface area contributed by atoms with Gasteiger partial charge >= 0.3 is 0 Å². The Morgan fingerprint density at radius 2 is 1.76 bits per heavy atom. The summed E-state index contributed by atoms with van der Waals surface area (Å²) in [5, 5.41) is 0. The number of carbonyl (C=O) groups excluding carboxylic acids is 1. The van der Waals surface area contributed by atoms with E-state index >= 15 is 0 Å². The molecular formula is C21H22O2S2. The van der Waals surface area contributed by atoms with Crippen molar-refractivity contribution in [2.45, 2.75) is 30.5 Å². The number of carbonyl (C=O) groups is 1. The fourth-order valence-electron chi connectivity index (χ4n) is 2.58. The van der Waals surface area contributed by atoms with Crippen molar-refractivity contribution in [2.24, 2.45) is 0 Å². The number of Topliss-reactive ketones (excluding diaryl/α,β-unsaturated/α-hetero) is 1. The number of benzene rings is 2. The van der Waals surface area contributed by atoms with Crippen molar-refractivity contribution >= 4 is 29.3 Å². The van der Waals surface area contributed by atoms with Crippen LogP contribution in [0.2, 0.25) is 0 Å². The van der Waals surface area contributed by atoms with Crippen LogP contribution in [0, 0.1) is 0 Å². The molecule has 1 heterocycles. The molecule has 0 spiro atoms. The Kier molecular flexibility index (Phi) is 6.27.